The van der Waals surface area contributed by atoms with Crippen LogP contribution in [0.3, 0.4) is 0 Å². The molecule has 4 rings (SSSR count). The number of aromatic nitrogens is 5. The minimum Gasteiger partial charge on any atom is -0.445 e. The van der Waals surface area contributed by atoms with E-state index in [1.54, 1.807) is 42.9 Å². The summed E-state index contributed by atoms with van der Waals surface area (Å²) in [5, 5.41) is 17.0. The molecule has 0 aliphatic carbocycles. The minimum atomic E-state index is -0.734. The summed E-state index contributed by atoms with van der Waals surface area (Å²) < 4.78 is 12.9. The predicted octanol–water partition coefficient (Wildman–Crippen LogP) is 3.64. The highest BCUT2D eigenvalue weighted by Crippen LogP contribution is 2.28. The molecule has 0 saturated carbocycles. The highest BCUT2D eigenvalue weighted by atomic mass is 16.6. The molecule has 196 valence electrons. The van der Waals surface area contributed by atoms with Gasteiger partial charge in [-0.2, -0.15) is 5.10 Å². The molecule has 37 heavy (non-hydrogen) atoms. The molecule has 3 aromatic rings. The van der Waals surface area contributed by atoms with Gasteiger partial charge in [0.25, 0.3) is 0 Å². The second-order valence-corrected chi connectivity index (χ2v) is 11.1. The van der Waals surface area contributed by atoms with Crippen LogP contribution in [0.2, 0.25) is 0 Å². The van der Waals surface area contributed by atoms with Crippen molar-refractivity contribution >= 4 is 22.8 Å². The van der Waals surface area contributed by atoms with E-state index in [4.69, 9.17) is 9.47 Å². The van der Waals surface area contributed by atoms with Crippen molar-refractivity contribution in [1.29, 1.82) is 0 Å². The second-order valence-electron chi connectivity index (χ2n) is 11.1. The molecular formula is C26H33N7O4. The van der Waals surface area contributed by atoms with Crippen molar-refractivity contribution in [1.82, 2.24) is 35.2 Å². The number of likely N-dealkylation sites (tertiary alicyclic amines) is 1. The summed E-state index contributed by atoms with van der Waals surface area (Å²) >= 11 is 0. The van der Waals surface area contributed by atoms with Gasteiger partial charge in [0.2, 0.25) is 11.8 Å². The molecule has 0 bridgehead atoms. The molecule has 0 spiro atoms. The second kappa shape index (κ2) is 10.2. The predicted molar refractivity (Wildman–Crippen MR) is 137 cm³/mol. The Labute approximate surface area is 215 Å². The Kier molecular flexibility index (Phi) is 7.15. The summed E-state index contributed by atoms with van der Waals surface area (Å²) in [6.07, 6.45) is 4.67. The molecule has 0 radical (unpaired) electrons. The van der Waals surface area contributed by atoms with Crippen LogP contribution in [-0.2, 0) is 9.53 Å². The molecule has 2 amide bonds. The van der Waals surface area contributed by atoms with Gasteiger partial charge in [0, 0.05) is 23.9 Å². The molecular weight excluding hydrogens is 474 g/mol. The first-order valence-electron chi connectivity index (χ1n) is 12.2. The summed E-state index contributed by atoms with van der Waals surface area (Å²) in [5.74, 6) is 0.747. The maximum atomic E-state index is 13.4. The van der Waals surface area contributed by atoms with Crippen LogP contribution in [-0.4, -0.2) is 66.6 Å². The molecule has 1 aliphatic rings. The summed E-state index contributed by atoms with van der Waals surface area (Å²) in [6.45, 7) is 12.0. The smallest absolute Gasteiger partial charge is 0.408 e. The van der Waals surface area contributed by atoms with Crippen molar-refractivity contribution < 1.29 is 19.1 Å². The van der Waals surface area contributed by atoms with Crippen molar-refractivity contribution in [2.75, 3.05) is 13.1 Å². The van der Waals surface area contributed by atoms with Crippen LogP contribution < -0.4 is 10.1 Å². The number of hydrogen-bond acceptors (Lipinski definition) is 8. The lowest BCUT2D eigenvalue weighted by Gasteiger charge is -2.33. The van der Waals surface area contributed by atoms with Gasteiger partial charge < -0.3 is 19.7 Å². The van der Waals surface area contributed by atoms with Gasteiger partial charge in [-0.1, -0.05) is 39.0 Å². The Hall–Kier alpha value is -4.02. The van der Waals surface area contributed by atoms with E-state index in [1.165, 1.54) is 6.33 Å². The summed E-state index contributed by atoms with van der Waals surface area (Å²) in [6, 6.07) is 6.89. The Morgan fingerprint density at radius 1 is 1.08 bits per heavy atom. The lowest BCUT2D eigenvalue weighted by molar-refractivity contribution is -0.134. The Morgan fingerprint density at radius 3 is 2.46 bits per heavy atom. The first-order chi connectivity index (χ1) is 17.4. The topological polar surface area (TPSA) is 124 Å². The Bertz CT molecular complexity index is 1310. The fourth-order valence-corrected chi connectivity index (χ4v) is 4.00. The molecule has 1 aliphatic heterocycles. The molecule has 1 atom stereocenters. The number of carbonyl (C=O) groups is 2. The SMILES string of the molecule is CC(C)(C)OC(=O)N[C@H](C(=O)N1CC/C(=C/Oc2nnc(-n3cncn3)c3ccccc23)C1)C(C)(C)C. The third-order valence-electron chi connectivity index (χ3n) is 5.79. The first-order valence-corrected chi connectivity index (χ1v) is 12.2. The number of nitrogens with zero attached hydrogens (tertiary/aromatic N) is 6. The van der Waals surface area contributed by atoms with E-state index in [0.717, 1.165) is 16.3 Å². The molecule has 1 saturated heterocycles. The van der Waals surface area contributed by atoms with Crippen molar-refractivity contribution in [2.45, 2.75) is 59.6 Å². The normalized spacial score (nSPS) is 16.2. The van der Waals surface area contributed by atoms with Crippen LogP contribution in [0, 0.1) is 5.41 Å². The maximum Gasteiger partial charge on any atom is 0.408 e. The van der Waals surface area contributed by atoms with Gasteiger partial charge in [-0.25, -0.2) is 14.5 Å². The number of amides is 2. The number of benzene rings is 1. The lowest BCUT2D eigenvalue weighted by atomic mass is 9.86. The third-order valence-corrected chi connectivity index (χ3v) is 5.79. The third kappa shape index (κ3) is 6.22. The van der Waals surface area contributed by atoms with Crippen LogP contribution in [0.15, 0.2) is 48.8 Å². The number of hydrogen-bond donors (Lipinski definition) is 1. The van der Waals surface area contributed by atoms with Crippen LogP contribution in [0.25, 0.3) is 16.6 Å². The monoisotopic (exact) mass is 507 g/mol. The highest BCUT2D eigenvalue weighted by molar-refractivity contribution is 5.91. The zero-order chi connectivity index (χ0) is 26.8. The summed E-state index contributed by atoms with van der Waals surface area (Å²) in [4.78, 5) is 31.5. The molecule has 1 aromatic carbocycles. The quantitative estimate of drug-likeness (QED) is 0.519. The van der Waals surface area contributed by atoms with Gasteiger partial charge in [0.15, 0.2) is 5.82 Å². The largest absolute Gasteiger partial charge is 0.445 e. The number of nitrogens with one attached hydrogen (secondary N) is 1. The van der Waals surface area contributed by atoms with Crippen molar-refractivity contribution in [3.63, 3.8) is 0 Å². The number of carbonyl (C=O) groups excluding carboxylic acids is 2. The van der Waals surface area contributed by atoms with Gasteiger partial charge in [-0.3, -0.25) is 4.79 Å². The van der Waals surface area contributed by atoms with Crippen molar-refractivity contribution in [3.05, 3.63) is 48.8 Å². The molecule has 1 fully saturated rings. The Balaban J connectivity index is 1.47. The number of alkyl carbamates (subject to hydrolysis) is 1. The molecule has 0 unspecified atom stereocenters. The summed E-state index contributed by atoms with van der Waals surface area (Å²) in [5.41, 5.74) is -0.224. The standard InChI is InChI=1S/C26H33N7O4/c1-25(2,3)20(29-24(35)37-26(4,5)6)23(34)32-12-11-17(13-32)14-36-22-19-10-8-7-9-18(19)21(30-31-22)33-16-27-15-28-33/h7-10,14-16,20H,11-13H2,1-6H3,(H,29,35)/b17-14-/t20-/m1/s1. The highest BCUT2D eigenvalue weighted by Gasteiger charge is 2.38. The van der Waals surface area contributed by atoms with E-state index in [-0.39, 0.29) is 5.91 Å². The molecule has 11 nitrogen and oxygen atoms in total. The van der Waals surface area contributed by atoms with Gasteiger partial charge in [-0.05, 0) is 44.2 Å². The van der Waals surface area contributed by atoms with E-state index in [0.29, 0.717) is 31.2 Å². The van der Waals surface area contributed by atoms with Gasteiger partial charge in [0.05, 0.1) is 6.26 Å². The number of ether oxygens (including phenoxy) is 2. The van der Waals surface area contributed by atoms with Crippen molar-refractivity contribution in [3.8, 4) is 11.7 Å². The minimum absolute atomic E-state index is 0.163. The fraction of sp³-hybridized carbons (Fsp3) is 0.462. The van der Waals surface area contributed by atoms with Crippen LogP contribution in [0.4, 0.5) is 4.79 Å². The first kappa shape index (κ1) is 26.1. The summed E-state index contributed by atoms with van der Waals surface area (Å²) in [7, 11) is 0. The number of rotatable bonds is 5. The van der Waals surface area contributed by atoms with Crippen LogP contribution >= 0.6 is 0 Å². The Morgan fingerprint density at radius 2 is 1.81 bits per heavy atom. The van der Waals surface area contributed by atoms with E-state index >= 15 is 0 Å². The maximum absolute atomic E-state index is 13.4. The zero-order valence-electron chi connectivity index (χ0n) is 22.1. The van der Waals surface area contributed by atoms with Gasteiger partial charge in [-0.15, -0.1) is 10.2 Å². The van der Waals surface area contributed by atoms with Crippen LogP contribution in [0.1, 0.15) is 48.0 Å². The van der Waals surface area contributed by atoms with E-state index in [9.17, 15) is 9.59 Å². The van der Waals surface area contributed by atoms with Crippen LogP contribution in [0.5, 0.6) is 5.88 Å². The molecule has 3 heterocycles. The molecule has 1 N–H and O–H groups in total. The molecule has 11 heteroatoms. The average Bonchev–Trinajstić information content (AvgIpc) is 3.51. The lowest BCUT2D eigenvalue weighted by Crippen LogP contribution is -2.55. The van der Waals surface area contributed by atoms with Gasteiger partial charge in [0.1, 0.15) is 24.3 Å². The average molecular weight is 508 g/mol. The van der Waals surface area contributed by atoms with E-state index in [2.05, 4.69) is 25.6 Å². The zero-order valence-corrected chi connectivity index (χ0v) is 22.1. The van der Waals surface area contributed by atoms with Gasteiger partial charge >= 0.3 is 6.09 Å². The molecule has 2 aromatic heterocycles. The van der Waals surface area contributed by atoms with E-state index in [1.807, 2.05) is 45.0 Å². The number of fused-ring (bicyclic) bond motifs is 1. The fourth-order valence-electron chi connectivity index (χ4n) is 4.00. The van der Waals surface area contributed by atoms with E-state index < -0.39 is 23.2 Å². The van der Waals surface area contributed by atoms with Crippen molar-refractivity contribution in [2.24, 2.45) is 5.41 Å².